The van der Waals surface area contributed by atoms with Crippen molar-refractivity contribution in [2.45, 2.75) is 329 Å². The molecule has 29 rings (SSSR count). The van der Waals surface area contributed by atoms with Crippen LogP contribution in [0.3, 0.4) is 0 Å². The van der Waals surface area contributed by atoms with Crippen molar-refractivity contribution >= 4 is 61.9 Å². The summed E-state index contributed by atoms with van der Waals surface area (Å²) < 4.78 is 0. The van der Waals surface area contributed by atoms with E-state index in [9.17, 15) is 49.8 Å². The topological polar surface area (TPSA) is 267 Å². The molecule has 11 N–H and O–H groups in total. The van der Waals surface area contributed by atoms with Crippen molar-refractivity contribution in [1.82, 2.24) is 26.6 Å². The van der Waals surface area contributed by atoms with Gasteiger partial charge in [0.25, 0.3) is 0 Å². The molecule has 24 bridgehead atoms. The van der Waals surface area contributed by atoms with Gasteiger partial charge in [-0.05, 0) is 357 Å². The predicted molar refractivity (Wildman–Crippen MR) is 442 cm³/mol. The zero-order valence-corrected chi connectivity index (χ0v) is 69.9. The minimum absolute atomic E-state index is 0.0193. The molecular weight excluding hydrogens is 1410 g/mol. The van der Waals surface area contributed by atoms with E-state index in [-0.39, 0.29) is 182 Å². The van der Waals surface area contributed by atoms with E-state index in [4.69, 9.17) is 0 Å². The fourth-order valence-corrected chi connectivity index (χ4v) is 32.0. The Morgan fingerprint density at radius 2 is 0.796 bits per heavy atom. The molecule has 4 aromatic carbocycles. The fraction of sp³-hybridized carbons (Fsp3) is 0.784. The summed E-state index contributed by atoms with van der Waals surface area (Å²) in [6, 6.07) is 18.7. The number of rotatable bonds is 8. The van der Waals surface area contributed by atoms with Crippen molar-refractivity contribution in [3.63, 3.8) is 0 Å². The molecule has 5 amide bonds. The molecule has 25 aliphatic rings. The Morgan fingerprint density at radius 1 is 0.416 bits per heavy atom. The molecule has 25 fully saturated rings. The average molecular weight is 1550 g/mol. The first-order valence-electron chi connectivity index (χ1n) is 46.1. The van der Waals surface area contributed by atoms with Gasteiger partial charge >= 0.3 is 0 Å². The van der Waals surface area contributed by atoms with Crippen LogP contribution in [-0.4, -0.2) is 128 Å². The SMILES string of the molecule is C[C@@H]1CCC(=O)N[C@@H]2CC[C@@]3(C)[C@@H](C2)C[C@@H](O)[C@@H]2[C@@H]3C[C@H](O)[C@]3(C)[C@H](CC[C@@H]23)[C@H](C)CCC(=O)N[C@@H](CCCNC(=O)CCCc2ccc3ccc4cccc5ccc2c3c45)C(=O)N[C@@H]2CC[C@@]3(C)[C@@H](C2)C[C@@H](O)[C@@H]2[C@@H]3C[C@H](O)[C@]3(C)[C@H](CC[C@@H]23)[C@H](C)CCC(=O)N[C@@H]2CC[C@@]3(C)[C@@H](C2)C[C@@H](O)[C@@H]2[C@@H]3C[C@H](O)[C@]3(C)[C@@H]1CC[C@@H]23. The van der Waals surface area contributed by atoms with Gasteiger partial charge in [0.2, 0.25) is 29.5 Å². The van der Waals surface area contributed by atoms with Crippen LogP contribution >= 0.6 is 0 Å². The Morgan fingerprint density at radius 3 is 1.23 bits per heavy atom. The van der Waals surface area contributed by atoms with Crippen LogP contribution in [0.2, 0.25) is 0 Å². The van der Waals surface area contributed by atoms with E-state index >= 15 is 4.79 Å². The smallest absolute Gasteiger partial charge is 0.242 e. The van der Waals surface area contributed by atoms with Gasteiger partial charge < -0.3 is 57.2 Å². The molecule has 13 heterocycles. The second-order valence-electron chi connectivity index (χ2n) is 42.9. The van der Waals surface area contributed by atoms with Crippen molar-refractivity contribution in [2.24, 2.45) is 139 Å². The second kappa shape index (κ2) is 30.7. The Balaban J connectivity index is 0.582. The number of amides is 5. The highest BCUT2D eigenvalue weighted by atomic mass is 16.3. The monoisotopic (exact) mass is 1550 g/mol. The average Bonchev–Trinajstić information content (AvgIpc) is 1.61. The number of aliphatic hydroxyl groups excluding tert-OH is 6. The fourth-order valence-electron chi connectivity index (χ4n) is 32.0. The molecule has 34 atom stereocenters. The zero-order chi connectivity index (χ0) is 79.3. The largest absolute Gasteiger partial charge is 0.393 e. The van der Waals surface area contributed by atoms with Crippen molar-refractivity contribution in [2.75, 3.05) is 6.54 Å². The van der Waals surface area contributed by atoms with E-state index in [1.807, 2.05) is 0 Å². The number of nitrogens with one attached hydrogen (secondary N) is 5. The van der Waals surface area contributed by atoms with E-state index in [2.05, 4.69) is 143 Å². The third-order valence-electron chi connectivity index (χ3n) is 38.3. The standard InChI is InChI=1S/C97H141N5O11/c1-52-18-33-83(110)100-63-37-40-93(5)60(44-63)47-77(104)89-70-32-29-68(97(70,9)80(107)50-73(89)93)54(3)20-35-85(112)102-75(16-12-42-98-82(109)17-11-13-55-21-22-58-24-23-56-14-10-15-57-25-26-65(55)87(58)86(56)57)91(113)101-64-38-41-94(6)61(45-64)48-78(105)90-71-31-28-67(96(71,8)81(108)51-74(90)94)53(2)19-34-84(111)99-62-36-39-92(4)59(43-62)46-76(103)88-69-30-27-66(52)95(69,7)79(106)49-72(88)92/h10,14-15,21-26,52-54,59-64,66-81,88-90,103-108H,11-13,16-20,27-51H2,1-9H3,(H,98,109)(H,99,111)(H,100,110)(H,101,113)(H,102,112)/t52-,53-,54-,59+,60+,61+,62-,63-,64-,66-,67-,68-,69+,70+,71+,72+,73+,74+,75+,76-,77-,78-,79+,80+,81+,88+,89+,90+,92+,93+,94+,95-,96-,97-/m1/s1. The van der Waals surface area contributed by atoms with Crippen molar-refractivity contribution in [1.29, 1.82) is 0 Å². The Hall–Kier alpha value is -4.97. The van der Waals surface area contributed by atoms with Crippen molar-refractivity contribution < 1.29 is 54.6 Å². The van der Waals surface area contributed by atoms with Crippen LogP contribution < -0.4 is 26.6 Å². The first kappa shape index (κ1) is 80.4. The van der Waals surface area contributed by atoms with Gasteiger partial charge in [-0.2, -0.15) is 0 Å². The van der Waals surface area contributed by atoms with Gasteiger partial charge in [-0.25, -0.2) is 0 Å². The van der Waals surface area contributed by atoms with E-state index in [0.29, 0.717) is 96.4 Å². The Kier molecular flexibility index (Phi) is 21.8. The number of fused-ring (bicyclic) bond motifs is 1. The Bertz CT molecular complexity index is 4170. The molecule has 13 saturated heterocycles. The minimum atomic E-state index is -0.834. The summed E-state index contributed by atoms with van der Waals surface area (Å²) in [5, 5.41) is 100. The molecule has 0 aromatic heterocycles. The van der Waals surface area contributed by atoms with Gasteiger partial charge in [-0.3, -0.25) is 24.0 Å². The number of hydrogen-bond acceptors (Lipinski definition) is 11. The van der Waals surface area contributed by atoms with E-state index in [1.54, 1.807) is 0 Å². The maximum Gasteiger partial charge on any atom is 0.242 e. The lowest BCUT2D eigenvalue weighted by atomic mass is 9.43. The maximum absolute atomic E-state index is 15.0. The van der Waals surface area contributed by atoms with Crippen molar-refractivity contribution in [3.05, 3.63) is 60.2 Å². The van der Waals surface area contributed by atoms with Gasteiger partial charge in [0.1, 0.15) is 6.04 Å². The highest BCUT2D eigenvalue weighted by Gasteiger charge is 2.70. The highest BCUT2D eigenvalue weighted by molar-refractivity contribution is 6.23. The van der Waals surface area contributed by atoms with E-state index < -0.39 is 53.5 Å². The number of hydrogen-bond donors (Lipinski definition) is 11. The minimum Gasteiger partial charge on any atom is -0.393 e. The van der Waals surface area contributed by atoms with Crippen LogP contribution in [0.25, 0.3) is 32.3 Å². The molecule has 620 valence electrons. The summed E-state index contributed by atoms with van der Waals surface area (Å²) in [6.07, 6.45) is 19.8. The van der Waals surface area contributed by atoms with Gasteiger partial charge in [0.15, 0.2) is 0 Å². The number of carbonyl (C=O) groups excluding carboxylic acids is 5. The highest BCUT2D eigenvalue weighted by Crippen LogP contribution is 2.73. The number of aryl methyl sites for hydroxylation is 1. The maximum atomic E-state index is 15.0. The summed E-state index contributed by atoms with van der Waals surface area (Å²) in [4.78, 5) is 71.7. The normalized spacial score (nSPS) is 47.6. The number of benzene rings is 4. The first-order chi connectivity index (χ1) is 53.9. The van der Waals surface area contributed by atoms with Crippen LogP contribution in [0, 0.1) is 139 Å². The summed E-state index contributed by atoms with van der Waals surface area (Å²) in [7, 11) is 0. The lowest BCUT2D eigenvalue weighted by Crippen LogP contribution is -2.63. The summed E-state index contributed by atoms with van der Waals surface area (Å²) in [5.41, 5.74) is -0.268. The van der Waals surface area contributed by atoms with Crippen LogP contribution in [0.4, 0.5) is 0 Å². The van der Waals surface area contributed by atoms with Gasteiger partial charge in [0, 0.05) is 50.4 Å². The van der Waals surface area contributed by atoms with Crippen LogP contribution in [0.5, 0.6) is 0 Å². The van der Waals surface area contributed by atoms with Crippen LogP contribution in [0.15, 0.2) is 54.6 Å². The van der Waals surface area contributed by atoms with Gasteiger partial charge in [-0.1, -0.05) is 117 Å². The molecule has 0 spiro atoms. The quantitative estimate of drug-likeness (QED) is 0.0583. The van der Waals surface area contributed by atoms with Crippen LogP contribution in [0.1, 0.15) is 267 Å². The van der Waals surface area contributed by atoms with Gasteiger partial charge in [-0.15, -0.1) is 0 Å². The summed E-state index contributed by atoms with van der Waals surface area (Å²) >= 11 is 0. The third-order valence-corrected chi connectivity index (χ3v) is 38.3. The van der Waals surface area contributed by atoms with Crippen molar-refractivity contribution in [3.8, 4) is 0 Å². The molecule has 113 heavy (non-hydrogen) atoms. The molecule has 0 unspecified atom stereocenters. The molecule has 0 radical (unpaired) electrons. The molecule has 12 aliphatic carbocycles. The van der Waals surface area contributed by atoms with Gasteiger partial charge in [0.05, 0.1) is 36.6 Å². The molecule has 16 heteroatoms. The molecule has 12 saturated carbocycles. The summed E-state index contributed by atoms with van der Waals surface area (Å²) in [6.45, 7) is 21.3. The molecule has 16 nitrogen and oxygen atoms in total. The number of aliphatic hydroxyl groups is 6. The molecule has 13 aliphatic heterocycles. The second-order valence-corrected chi connectivity index (χ2v) is 42.9. The molecule has 4 aromatic rings. The van der Waals surface area contributed by atoms with Crippen LogP contribution in [-0.2, 0) is 30.4 Å². The number of carbonyl (C=O) groups is 5. The third kappa shape index (κ3) is 13.6. The predicted octanol–water partition coefficient (Wildman–Crippen LogP) is 14.8. The molecular formula is C97H141N5O11. The zero-order valence-electron chi connectivity index (χ0n) is 69.9. The van der Waals surface area contributed by atoms with E-state index in [0.717, 1.165) is 109 Å². The summed E-state index contributed by atoms with van der Waals surface area (Å²) in [5.74, 6) is 2.47. The lowest BCUT2D eigenvalue weighted by Gasteiger charge is -2.64. The van der Waals surface area contributed by atoms with E-state index in [1.165, 1.54) is 37.9 Å². The first-order valence-corrected chi connectivity index (χ1v) is 46.1. The lowest BCUT2D eigenvalue weighted by molar-refractivity contribution is -0.202. The Labute approximate surface area is 673 Å².